The molecule has 0 aromatic heterocycles. The average Bonchev–Trinajstić information content (AvgIpc) is 2.47. The normalized spacial score (nSPS) is 10.6. The van der Waals surface area contributed by atoms with E-state index in [4.69, 9.17) is 27.9 Å². The molecule has 21 heavy (non-hydrogen) atoms. The minimum absolute atomic E-state index is 0.432. The van der Waals surface area contributed by atoms with Crippen molar-refractivity contribution in [3.05, 3.63) is 63.6 Å². The van der Waals surface area contributed by atoms with Crippen LogP contribution < -0.4 is 10.1 Å². The van der Waals surface area contributed by atoms with Gasteiger partial charge in [-0.05, 0) is 42.8 Å². The van der Waals surface area contributed by atoms with Crippen molar-refractivity contribution in [1.82, 2.24) is 5.32 Å². The van der Waals surface area contributed by atoms with Crippen molar-refractivity contribution >= 4 is 23.2 Å². The summed E-state index contributed by atoms with van der Waals surface area (Å²) in [5, 5.41) is 4.64. The lowest BCUT2D eigenvalue weighted by Gasteiger charge is -2.10. The number of ether oxygens (including phenoxy) is 1. The Balaban J connectivity index is 1.95. The summed E-state index contributed by atoms with van der Waals surface area (Å²) in [5.41, 5.74) is 2.14. The fourth-order valence-electron chi connectivity index (χ4n) is 1.95. The molecule has 0 aliphatic heterocycles. The molecule has 4 heteroatoms. The van der Waals surface area contributed by atoms with Crippen LogP contribution in [0.25, 0.3) is 0 Å². The van der Waals surface area contributed by atoms with Crippen molar-refractivity contribution in [2.24, 2.45) is 0 Å². The first-order chi connectivity index (χ1) is 10.2. The first kappa shape index (κ1) is 16.2. The molecule has 0 heterocycles. The smallest absolute Gasteiger partial charge is 0.120 e. The van der Waals surface area contributed by atoms with Gasteiger partial charge in [0.15, 0.2) is 0 Å². The molecule has 2 nitrogen and oxygen atoms in total. The number of halogens is 2. The van der Waals surface area contributed by atoms with E-state index in [1.54, 1.807) is 6.07 Å². The van der Waals surface area contributed by atoms with Crippen LogP contribution >= 0.6 is 23.2 Å². The van der Waals surface area contributed by atoms with Crippen molar-refractivity contribution in [2.45, 2.75) is 26.5 Å². The Kier molecular flexibility index (Phi) is 6.37. The van der Waals surface area contributed by atoms with E-state index in [0.717, 1.165) is 30.8 Å². The summed E-state index contributed by atoms with van der Waals surface area (Å²) in [6, 6.07) is 13.5. The zero-order valence-corrected chi connectivity index (χ0v) is 13.5. The van der Waals surface area contributed by atoms with Gasteiger partial charge in [-0.2, -0.15) is 0 Å². The van der Waals surface area contributed by atoms with Gasteiger partial charge in [-0.15, -0.1) is 0 Å². The van der Waals surface area contributed by atoms with Gasteiger partial charge in [-0.1, -0.05) is 48.3 Å². The second kappa shape index (κ2) is 8.28. The zero-order valence-electron chi connectivity index (χ0n) is 12.0. The third kappa shape index (κ3) is 5.24. The standard InChI is InChI=1S/C17H19Cl2NO/c1-2-8-20-11-13-4-3-5-16(9-13)21-12-14-6-7-15(18)10-17(14)19/h3-7,9-10,20H,2,8,11-12H2,1H3. The largest absolute Gasteiger partial charge is 0.489 e. The second-order valence-electron chi connectivity index (χ2n) is 4.85. The maximum atomic E-state index is 6.14. The van der Waals surface area contributed by atoms with Crippen LogP contribution in [-0.4, -0.2) is 6.54 Å². The maximum Gasteiger partial charge on any atom is 0.120 e. The van der Waals surface area contributed by atoms with Crippen molar-refractivity contribution in [3.63, 3.8) is 0 Å². The highest BCUT2D eigenvalue weighted by Crippen LogP contribution is 2.23. The number of benzene rings is 2. The van der Waals surface area contributed by atoms with E-state index in [2.05, 4.69) is 18.3 Å². The van der Waals surface area contributed by atoms with Crippen LogP contribution in [0.4, 0.5) is 0 Å². The van der Waals surface area contributed by atoms with Crippen molar-refractivity contribution in [2.75, 3.05) is 6.54 Å². The van der Waals surface area contributed by atoms with Crippen LogP contribution in [-0.2, 0) is 13.2 Å². The average molecular weight is 324 g/mol. The van der Waals surface area contributed by atoms with Gasteiger partial charge in [0.1, 0.15) is 12.4 Å². The summed E-state index contributed by atoms with van der Waals surface area (Å²) in [7, 11) is 0. The van der Waals surface area contributed by atoms with E-state index in [9.17, 15) is 0 Å². The van der Waals surface area contributed by atoms with E-state index >= 15 is 0 Å². The fourth-order valence-corrected chi connectivity index (χ4v) is 2.42. The predicted molar refractivity (Wildman–Crippen MR) is 89.2 cm³/mol. The summed E-state index contributed by atoms with van der Waals surface area (Å²) in [4.78, 5) is 0. The molecule has 0 bridgehead atoms. The van der Waals surface area contributed by atoms with Gasteiger partial charge in [0.25, 0.3) is 0 Å². The Morgan fingerprint density at radius 3 is 2.71 bits per heavy atom. The van der Waals surface area contributed by atoms with Gasteiger partial charge >= 0.3 is 0 Å². The monoisotopic (exact) mass is 323 g/mol. The third-order valence-electron chi connectivity index (χ3n) is 3.06. The Bertz CT molecular complexity index is 587. The van der Waals surface area contributed by atoms with Crippen LogP contribution in [0.2, 0.25) is 10.0 Å². The van der Waals surface area contributed by atoms with E-state index < -0.39 is 0 Å². The summed E-state index contributed by atoms with van der Waals surface area (Å²) < 4.78 is 5.80. The maximum absolute atomic E-state index is 6.14. The van der Waals surface area contributed by atoms with Crippen molar-refractivity contribution in [1.29, 1.82) is 0 Å². The van der Waals surface area contributed by atoms with Crippen LogP contribution in [0, 0.1) is 0 Å². The molecule has 0 saturated heterocycles. The van der Waals surface area contributed by atoms with Gasteiger partial charge in [0.2, 0.25) is 0 Å². The Morgan fingerprint density at radius 1 is 1.10 bits per heavy atom. The van der Waals surface area contributed by atoms with E-state index in [1.165, 1.54) is 5.56 Å². The lowest BCUT2D eigenvalue weighted by Crippen LogP contribution is -2.13. The van der Waals surface area contributed by atoms with Gasteiger partial charge in [-0.3, -0.25) is 0 Å². The SMILES string of the molecule is CCCNCc1cccc(OCc2ccc(Cl)cc2Cl)c1. The highest BCUT2D eigenvalue weighted by Gasteiger charge is 2.03. The number of rotatable bonds is 7. The van der Waals surface area contributed by atoms with Gasteiger partial charge < -0.3 is 10.1 Å². The van der Waals surface area contributed by atoms with Gasteiger partial charge in [-0.25, -0.2) is 0 Å². The first-order valence-corrected chi connectivity index (χ1v) is 7.81. The van der Waals surface area contributed by atoms with Crippen molar-refractivity contribution < 1.29 is 4.74 Å². The molecule has 0 saturated carbocycles. The molecule has 2 rings (SSSR count). The van der Waals surface area contributed by atoms with E-state index in [-0.39, 0.29) is 0 Å². The summed E-state index contributed by atoms with van der Waals surface area (Å²) in [5.74, 6) is 0.844. The molecule has 0 aliphatic carbocycles. The lowest BCUT2D eigenvalue weighted by molar-refractivity contribution is 0.306. The highest BCUT2D eigenvalue weighted by molar-refractivity contribution is 6.35. The molecule has 2 aromatic rings. The molecule has 0 spiro atoms. The second-order valence-corrected chi connectivity index (χ2v) is 5.69. The molecule has 0 unspecified atom stereocenters. The number of nitrogens with one attached hydrogen (secondary N) is 1. The topological polar surface area (TPSA) is 21.3 Å². The molecule has 112 valence electrons. The third-order valence-corrected chi connectivity index (χ3v) is 3.65. The van der Waals surface area contributed by atoms with Crippen LogP contribution in [0.5, 0.6) is 5.75 Å². The minimum atomic E-state index is 0.432. The quantitative estimate of drug-likeness (QED) is 0.718. The Labute approximate surface area is 136 Å². The van der Waals surface area contributed by atoms with Crippen LogP contribution in [0.15, 0.2) is 42.5 Å². The van der Waals surface area contributed by atoms with Crippen LogP contribution in [0.3, 0.4) is 0 Å². The molecule has 0 atom stereocenters. The fraction of sp³-hybridized carbons (Fsp3) is 0.294. The number of hydrogen-bond donors (Lipinski definition) is 1. The lowest BCUT2D eigenvalue weighted by atomic mass is 10.2. The van der Waals surface area contributed by atoms with E-state index in [1.807, 2.05) is 30.3 Å². The summed E-state index contributed by atoms with van der Waals surface area (Å²) >= 11 is 12.0. The molecule has 0 radical (unpaired) electrons. The Hall–Kier alpha value is -1.22. The minimum Gasteiger partial charge on any atom is -0.489 e. The van der Waals surface area contributed by atoms with Crippen molar-refractivity contribution in [3.8, 4) is 5.75 Å². The van der Waals surface area contributed by atoms with Gasteiger partial charge in [0.05, 0.1) is 0 Å². The Morgan fingerprint density at radius 2 is 1.95 bits per heavy atom. The van der Waals surface area contributed by atoms with Crippen LogP contribution in [0.1, 0.15) is 24.5 Å². The number of hydrogen-bond acceptors (Lipinski definition) is 2. The molecule has 0 aliphatic rings. The predicted octanol–water partition coefficient (Wildman–Crippen LogP) is 5.07. The molecular weight excluding hydrogens is 305 g/mol. The zero-order chi connectivity index (χ0) is 15.1. The summed E-state index contributed by atoms with van der Waals surface area (Å²) in [6.07, 6.45) is 1.13. The van der Waals surface area contributed by atoms with E-state index in [0.29, 0.717) is 16.7 Å². The van der Waals surface area contributed by atoms with Gasteiger partial charge in [0, 0.05) is 22.2 Å². The molecule has 0 amide bonds. The molecule has 1 N–H and O–H groups in total. The first-order valence-electron chi connectivity index (χ1n) is 7.05. The summed E-state index contributed by atoms with van der Waals surface area (Å²) in [6.45, 7) is 4.46. The molecule has 2 aromatic carbocycles. The molecular formula is C17H19Cl2NO. The highest BCUT2D eigenvalue weighted by atomic mass is 35.5. The molecule has 0 fully saturated rings.